The van der Waals surface area contributed by atoms with Gasteiger partial charge < -0.3 is 4.74 Å². The summed E-state index contributed by atoms with van der Waals surface area (Å²) in [6.45, 7) is 0.252. The largest absolute Gasteiger partial charge is 0.489 e. The van der Waals surface area contributed by atoms with Crippen molar-refractivity contribution in [3.63, 3.8) is 0 Å². The van der Waals surface area contributed by atoms with Crippen LogP contribution in [0.15, 0.2) is 42.5 Å². The summed E-state index contributed by atoms with van der Waals surface area (Å²) < 4.78 is 18.7. The van der Waals surface area contributed by atoms with Crippen LogP contribution in [0.3, 0.4) is 0 Å². The van der Waals surface area contributed by atoms with Gasteiger partial charge in [0.2, 0.25) is 0 Å². The highest BCUT2D eigenvalue weighted by Crippen LogP contribution is 2.21. The minimum Gasteiger partial charge on any atom is -0.489 e. The lowest BCUT2D eigenvalue weighted by molar-refractivity contribution is 0.305. The Morgan fingerprint density at radius 1 is 1.17 bits per heavy atom. The van der Waals surface area contributed by atoms with Crippen LogP contribution in [0.4, 0.5) is 4.39 Å². The Morgan fingerprint density at radius 2 is 2.00 bits per heavy atom. The van der Waals surface area contributed by atoms with Gasteiger partial charge in [0.05, 0.1) is 0 Å². The van der Waals surface area contributed by atoms with Crippen molar-refractivity contribution in [3.05, 3.63) is 64.4 Å². The van der Waals surface area contributed by atoms with Gasteiger partial charge in [0.1, 0.15) is 18.2 Å². The SMILES string of the molecule is Fc1ccc(Cl)c(COc2cccc(CBr)c2)c1. The molecule has 0 bridgehead atoms. The Bertz CT molecular complexity index is 545. The predicted octanol–water partition coefficient (Wildman–Crippen LogP) is 4.95. The molecular weight excluding hydrogens is 319 g/mol. The van der Waals surface area contributed by atoms with Gasteiger partial charge in [-0.2, -0.15) is 0 Å². The maximum absolute atomic E-state index is 13.1. The maximum atomic E-state index is 13.1. The number of hydrogen-bond donors (Lipinski definition) is 0. The summed E-state index contributed by atoms with van der Waals surface area (Å²) in [4.78, 5) is 0. The highest BCUT2D eigenvalue weighted by atomic mass is 79.9. The van der Waals surface area contributed by atoms with Crippen molar-refractivity contribution < 1.29 is 9.13 Å². The summed E-state index contributed by atoms with van der Waals surface area (Å²) in [7, 11) is 0. The molecule has 18 heavy (non-hydrogen) atoms. The quantitative estimate of drug-likeness (QED) is 0.721. The lowest BCUT2D eigenvalue weighted by atomic mass is 10.2. The van der Waals surface area contributed by atoms with Gasteiger partial charge >= 0.3 is 0 Å². The summed E-state index contributed by atoms with van der Waals surface area (Å²) in [6, 6.07) is 12.0. The minimum atomic E-state index is -0.313. The average molecular weight is 330 g/mol. The van der Waals surface area contributed by atoms with Gasteiger partial charge in [-0.15, -0.1) is 0 Å². The van der Waals surface area contributed by atoms with Crippen LogP contribution >= 0.6 is 27.5 Å². The number of rotatable bonds is 4. The number of hydrogen-bond acceptors (Lipinski definition) is 1. The zero-order valence-corrected chi connectivity index (χ0v) is 11.8. The Morgan fingerprint density at radius 3 is 2.78 bits per heavy atom. The summed E-state index contributed by atoms with van der Waals surface area (Å²) in [5, 5.41) is 1.28. The van der Waals surface area contributed by atoms with Crippen LogP contribution in [0.5, 0.6) is 5.75 Å². The third-order valence-corrected chi connectivity index (χ3v) is 3.47. The summed E-state index contributed by atoms with van der Waals surface area (Å²) in [5.41, 5.74) is 1.76. The molecule has 0 amide bonds. The Labute approximate surface area is 119 Å². The highest BCUT2D eigenvalue weighted by molar-refractivity contribution is 9.08. The van der Waals surface area contributed by atoms with Gasteiger partial charge in [-0.25, -0.2) is 4.39 Å². The molecule has 94 valence electrons. The monoisotopic (exact) mass is 328 g/mol. The van der Waals surface area contributed by atoms with Crippen molar-refractivity contribution in [2.24, 2.45) is 0 Å². The van der Waals surface area contributed by atoms with Gasteiger partial charge in [-0.3, -0.25) is 0 Å². The summed E-state index contributed by atoms with van der Waals surface area (Å²) >= 11 is 9.35. The van der Waals surface area contributed by atoms with Crippen LogP contribution in [-0.2, 0) is 11.9 Å². The highest BCUT2D eigenvalue weighted by Gasteiger charge is 2.03. The molecule has 0 aromatic heterocycles. The van der Waals surface area contributed by atoms with Gasteiger partial charge in [0.15, 0.2) is 0 Å². The van der Waals surface area contributed by atoms with Gasteiger partial charge in [-0.05, 0) is 35.9 Å². The van der Waals surface area contributed by atoms with E-state index in [0.717, 1.165) is 16.6 Å². The summed E-state index contributed by atoms with van der Waals surface area (Å²) in [5.74, 6) is 0.430. The molecule has 0 spiro atoms. The van der Waals surface area contributed by atoms with Crippen molar-refractivity contribution in [1.29, 1.82) is 0 Å². The van der Waals surface area contributed by atoms with E-state index in [1.54, 1.807) is 0 Å². The molecule has 0 heterocycles. The molecule has 0 fully saturated rings. The third kappa shape index (κ3) is 3.47. The van der Waals surface area contributed by atoms with Crippen molar-refractivity contribution in [1.82, 2.24) is 0 Å². The molecule has 0 saturated carbocycles. The van der Waals surface area contributed by atoms with Gasteiger partial charge in [0.25, 0.3) is 0 Å². The van der Waals surface area contributed by atoms with E-state index in [1.165, 1.54) is 18.2 Å². The van der Waals surface area contributed by atoms with E-state index < -0.39 is 0 Å². The molecule has 0 atom stereocenters. The van der Waals surface area contributed by atoms with E-state index >= 15 is 0 Å². The van der Waals surface area contributed by atoms with E-state index in [2.05, 4.69) is 15.9 Å². The molecule has 0 aliphatic heterocycles. The van der Waals surface area contributed by atoms with Crippen molar-refractivity contribution in [2.75, 3.05) is 0 Å². The Balaban J connectivity index is 2.08. The number of halogens is 3. The van der Waals surface area contributed by atoms with Crippen LogP contribution in [0.1, 0.15) is 11.1 Å². The van der Waals surface area contributed by atoms with Crippen LogP contribution in [0, 0.1) is 5.82 Å². The second-order valence-electron chi connectivity index (χ2n) is 3.81. The van der Waals surface area contributed by atoms with Crippen molar-refractivity contribution in [2.45, 2.75) is 11.9 Å². The molecule has 4 heteroatoms. The van der Waals surface area contributed by atoms with Crippen molar-refractivity contribution >= 4 is 27.5 Å². The second kappa shape index (κ2) is 6.21. The number of benzene rings is 2. The zero-order chi connectivity index (χ0) is 13.0. The standard InChI is InChI=1S/C14H11BrClFO/c15-8-10-2-1-3-13(6-10)18-9-11-7-12(17)4-5-14(11)16/h1-7H,8-9H2. The predicted molar refractivity (Wildman–Crippen MR) is 74.8 cm³/mol. The normalized spacial score (nSPS) is 10.4. The zero-order valence-electron chi connectivity index (χ0n) is 9.50. The molecule has 1 nitrogen and oxygen atoms in total. The average Bonchev–Trinajstić information content (AvgIpc) is 2.40. The maximum Gasteiger partial charge on any atom is 0.123 e. The molecule has 0 N–H and O–H groups in total. The molecule has 2 aromatic carbocycles. The van der Waals surface area contributed by atoms with E-state index in [9.17, 15) is 4.39 Å². The second-order valence-corrected chi connectivity index (χ2v) is 4.77. The molecule has 0 unspecified atom stereocenters. The smallest absolute Gasteiger partial charge is 0.123 e. The molecule has 0 radical (unpaired) electrons. The van der Waals surface area contributed by atoms with E-state index in [-0.39, 0.29) is 12.4 Å². The lowest BCUT2D eigenvalue weighted by Gasteiger charge is -2.08. The fourth-order valence-corrected chi connectivity index (χ4v) is 2.05. The molecule has 0 saturated heterocycles. The third-order valence-electron chi connectivity index (χ3n) is 2.45. The topological polar surface area (TPSA) is 9.23 Å². The van der Waals surface area contributed by atoms with E-state index in [0.29, 0.717) is 10.6 Å². The first-order valence-electron chi connectivity index (χ1n) is 5.40. The first-order chi connectivity index (χ1) is 8.69. The molecular formula is C14H11BrClFO. The fraction of sp³-hybridized carbons (Fsp3) is 0.143. The molecule has 0 aliphatic carbocycles. The number of ether oxygens (including phenoxy) is 1. The molecule has 2 rings (SSSR count). The van der Waals surface area contributed by atoms with E-state index in [1.807, 2.05) is 24.3 Å². The van der Waals surface area contributed by atoms with Gasteiger partial charge in [-0.1, -0.05) is 39.7 Å². The minimum absolute atomic E-state index is 0.252. The molecule has 0 aliphatic rings. The lowest BCUT2D eigenvalue weighted by Crippen LogP contribution is -1.97. The van der Waals surface area contributed by atoms with Crippen LogP contribution in [-0.4, -0.2) is 0 Å². The van der Waals surface area contributed by atoms with Crippen LogP contribution in [0.25, 0.3) is 0 Å². The van der Waals surface area contributed by atoms with E-state index in [4.69, 9.17) is 16.3 Å². The Kier molecular flexibility index (Phi) is 4.61. The summed E-state index contributed by atoms with van der Waals surface area (Å²) in [6.07, 6.45) is 0. The van der Waals surface area contributed by atoms with Crippen molar-refractivity contribution in [3.8, 4) is 5.75 Å². The number of alkyl halides is 1. The Hall–Kier alpha value is -1.06. The fourth-order valence-electron chi connectivity index (χ4n) is 1.53. The van der Waals surface area contributed by atoms with Crippen LogP contribution < -0.4 is 4.74 Å². The first-order valence-corrected chi connectivity index (χ1v) is 6.90. The first kappa shape index (κ1) is 13.4. The van der Waals surface area contributed by atoms with Gasteiger partial charge in [0, 0.05) is 15.9 Å². The van der Waals surface area contributed by atoms with Crippen LogP contribution in [0.2, 0.25) is 5.02 Å². The molecule has 2 aromatic rings.